The monoisotopic (exact) mass is 289 g/mol. The Kier molecular flexibility index (Phi) is 3.90. The van der Waals surface area contributed by atoms with Gasteiger partial charge in [-0.25, -0.2) is 9.78 Å². The van der Waals surface area contributed by atoms with Crippen molar-refractivity contribution in [2.75, 3.05) is 26.3 Å². The second kappa shape index (κ2) is 5.83. The Bertz CT molecular complexity index is 659. The zero-order chi connectivity index (χ0) is 14.8. The van der Waals surface area contributed by atoms with Crippen LogP contribution in [0.4, 0.5) is 0 Å². The topological polar surface area (TPSA) is 67.6 Å². The molecule has 0 aliphatic carbocycles. The van der Waals surface area contributed by atoms with E-state index < -0.39 is 5.97 Å². The largest absolute Gasteiger partial charge is 0.478 e. The molecule has 0 amide bonds. The average Bonchev–Trinajstić information content (AvgIpc) is 2.84. The van der Waals surface area contributed by atoms with Crippen LogP contribution in [0, 0.1) is 0 Å². The highest BCUT2D eigenvalue weighted by Crippen LogP contribution is 2.19. The molecule has 6 heteroatoms. The number of morpholine rings is 1. The fourth-order valence-electron chi connectivity index (χ4n) is 2.75. The molecule has 1 aliphatic rings. The Morgan fingerprint density at radius 2 is 2.14 bits per heavy atom. The third kappa shape index (κ3) is 2.77. The van der Waals surface area contributed by atoms with E-state index >= 15 is 0 Å². The lowest BCUT2D eigenvalue weighted by Crippen LogP contribution is -2.36. The third-order valence-corrected chi connectivity index (χ3v) is 3.86. The highest BCUT2D eigenvalue weighted by molar-refractivity contribution is 5.92. The van der Waals surface area contributed by atoms with Crippen molar-refractivity contribution in [1.29, 1.82) is 0 Å². The van der Waals surface area contributed by atoms with Crippen LogP contribution in [0.5, 0.6) is 0 Å². The van der Waals surface area contributed by atoms with Gasteiger partial charge in [0, 0.05) is 19.6 Å². The molecule has 0 bridgehead atoms. The van der Waals surface area contributed by atoms with Gasteiger partial charge in [-0.05, 0) is 25.1 Å². The van der Waals surface area contributed by atoms with Crippen molar-refractivity contribution in [3.8, 4) is 0 Å². The third-order valence-electron chi connectivity index (χ3n) is 3.86. The molecule has 0 spiro atoms. The summed E-state index contributed by atoms with van der Waals surface area (Å²) in [7, 11) is 0. The van der Waals surface area contributed by atoms with Gasteiger partial charge >= 0.3 is 5.97 Å². The summed E-state index contributed by atoms with van der Waals surface area (Å²) < 4.78 is 7.51. The predicted molar refractivity (Wildman–Crippen MR) is 78.5 cm³/mol. The molecule has 0 atom stereocenters. The molecule has 3 rings (SSSR count). The summed E-state index contributed by atoms with van der Waals surface area (Å²) in [6, 6.07) is 5.13. The van der Waals surface area contributed by atoms with Crippen molar-refractivity contribution in [2.24, 2.45) is 0 Å². The maximum absolute atomic E-state index is 11.1. The van der Waals surface area contributed by atoms with Crippen LogP contribution >= 0.6 is 0 Å². The second-order valence-electron chi connectivity index (χ2n) is 5.17. The fraction of sp³-hybridized carbons (Fsp3) is 0.467. The summed E-state index contributed by atoms with van der Waals surface area (Å²) in [6.07, 6.45) is 0. The van der Waals surface area contributed by atoms with Gasteiger partial charge in [0.15, 0.2) is 0 Å². The number of carboxylic acids is 1. The standard InChI is InChI=1S/C15H19N3O3/c1-2-18-13-4-3-11(15(19)20)9-12(13)16-14(18)10-17-5-7-21-8-6-17/h3-4,9H,2,5-8,10H2,1H3,(H,19,20). The number of hydrogen-bond acceptors (Lipinski definition) is 4. The van der Waals surface area contributed by atoms with Crippen LogP contribution in [0.1, 0.15) is 23.1 Å². The molecule has 1 N–H and O–H groups in total. The lowest BCUT2D eigenvalue weighted by Gasteiger charge is -2.26. The van der Waals surface area contributed by atoms with Crippen LogP contribution in [-0.2, 0) is 17.8 Å². The Labute approximate surface area is 122 Å². The van der Waals surface area contributed by atoms with Crippen molar-refractivity contribution >= 4 is 17.0 Å². The Balaban J connectivity index is 1.95. The molecule has 1 saturated heterocycles. The second-order valence-corrected chi connectivity index (χ2v) is 5.17. The summed E-state index contributed by atoms with van der Waals surface area (Å²) >= 11 is 0. The molecule has 2 heterocycles. The number of hydrogen-bond donors (Lipinski definition) is 1. The molecular weight excluding hydrogens is 270 g/mol. The zero-order valence-corrected chi connectivity index (χ0v) is 12.1. The molecule has 6 nitrogen and oxygen atoms in total. The van der Waals surface area contributed by atoms with Crippen LogP contribution in [0.2, 0.25) is 0 Å². The zero-order valence-electron chi connectivity index (χ0n) is 12.1. The number of ether oxygens (including phenoxy) is 1. The van der Waals surface area contributed by atoms with Crippen molar-refractivity contribution < 1.29 is 14.6 Å². The van der Waals surface area contributed by atoms with Crippen molar-refractivity contribution in [3.05, 3.63) is 29.6 Å². The maximum Gasteiger partial charge on any atom is 0.335 e. The quantitative estimate of drug-likeness (QED) is 0.925. The first kappa shape index (κ1) is 14.0. The number of fused-ring (bicyclic) bond motifs is 1. The van der Waals surface area contributed by atoms with Crippen molar-refractivity contribution in [1.82, 2.24) is 14.5 Å². The van der Waals surface area contributed by atoms with Gasteiger partial charge in [0.2, 0.25) is 0 Å². The van der Waals surface area contributed by atoms with Gasteiger partial charge < -0.3 is 14.4 Å². The molecule has 21 heavy (non-hydrogen) atoms. The Morgan fingerprint density at radius 3 is 2.81 bits per heavy atom. The number of aryl methyl sites for hydroxylation is 1. The summed E-state index contributed by atoms with van der Waals surface area (Å²) in [6.45, 7) is 7.01. The molecule has 1 aromatic carbocycles. The average molecular weight is 289 g/mol. The molecule has 1 aromatic heterocycles. The molecule has 2 aromatic rings. The van der Waals surface area contributed by atoms with Crippen LogP contribution in [0.15, 0.2) is 18.2 Å². The summed E-state index contributed by atoms with van der Waals surface area (Å²) in [5, 5.41) is 9.08. The van der Waals surface area contributed by atoms with E-state index in [0.29, 0.717) is 0 Å². The smallest absolute Gasteiger partial charge is 0.335 e. The summed E-state index contributed by atoms with van der Waals surface area (Å²) in [4.78, 5) is 18.0. The number of carboxylic acid groups (broad SMARTS) is 1. The molecular formula is C15H19N3O3. The van der Waals surface area contributed by atoms with Crippen molar-refractivity contribution in [2.45, 2.75) is 20.0 Å². The van der Waals surface area contributed by atoms with Crippen LogP contribution < -0.4 is 0 Å². The minimum atomic E-state index is -0.919. The van der Waals surface area contributed by atoms with Crippen LogP contribution in [-0.4, -0.2) is 51.8 Å². The van der Waals surface area contributed by atoms with Gasteiger partial charge in [-0.2, -0.15) is 0 Å². The lowest BCUT2D eigenvalue weighted by molar-refractivity contribution is 0.0327. The summed E-state index contributed by atoms with van der Waals surface area (Å²) in [5.41, 5.74) is 2.02. The Morgan fingerprint density at radius 1 is 1.38 bits per heavy atom. The van der Waals surface area contributed by atoms with E-state index in [2.05, 4.69) is 21.4 Å². The number of nitrogens with zero attached hydrogens (tertiary/aromatic N) is 3. The van der Waals surface area contributed by atoms with Crippen LogP contribution in [0.25, 0.3) is 11.0 Å². The van der Waals surface area contributed by atoms with Crippen LogP contribution in [0.3, 0.4) is 0 Å². The fourth-order valence-corrected chi connectivity index (χ4v) is 2.75. The number of aromatic nitrogens is 2. The minimum Gasteiger partial charge on any atom is -0.478 e. The minimum absolute atomic E-state index is 0.279. The number of imidazole rings is 1. The van der Waals surface area contributed by atoms with Crippen molar-refractivity contribution in [3.63, 3.8) is 0 Å². The number of carbonyl (C=O) groups is 1. The first-order valence-electron chi connectivity index (χ1n) is 7.21. The molecule has 1 aliphatic heterocycles. The molecule has 0 unspecified atom stereocenters. The van der Waals surface area contributed by atoms with Gasteiger partial charge in [0.25, 0.3) is 0 Å². The highest BCUT2D eigenvalue weighted by Gasteiger charge is 2.16. The van der Waals surface area contributed by atoms with E-state index in [-0.39, 0.29) is 5.56 Å². The molecule has 1 fully saturated rings. The van der Waals surface area contributed by atoms with Gasteiger partial charge in [-0.3, -0.25) is 4.90 Å². The Hall–Kier alpha value is -1.92. The summed E-state index contributed by atoms with van der Waals surface area (Å²) in [5.74, 6) is 0.0645. The molecule has 0 saturated carbocycles. The lowest BCUT2D eigenvalue weighted by atomic mass is 10.2. The predicted octanol–water partition coefficient (Wildman–Crippen LogP) is 1.59. The molecule has 0 radical (unpaired) electrons. The van der Waals surface area contributed by atoms with Gasteiger partial charge in [-0.15, -0.1) is 0 Å². The SMILES string of the molecule is CCn1c(CN2CCOCC2)nc2cc(C(=O)O)ccc21. The van der Waals surface area contributed by atoms with Gasteiger partial charge in [0.05, 0.1) is 36.4 Å². The maximum atomic E-state index is 11.1. The van der Waals surface area contributed by atoms with E-state index in [4.69, 9.17) is 9.84 Å². The van der Waals surface area contributed by atoms with Gasteiger partial charge in [-0.1, -0.05) is 0 Å². The van der Waals surface area contributed by atoms with E-state index in [1.165, 1.54) is 0 Å². The van der Waals surface area contributed by atoms with E-state index in [1.54, 1.807) is 12.1 Å². The highest BCUT2D eigenvalue weighted by atomic mass is 16.5. The first-order chi connectivity index (χ1) is 10.2. The van der Waals surface area contributed by atoms with E-state index in [9.17, 15) is 4.79 Å². The number of aromatic carboxylic acids is 1. The van der Waals surface area contributed by atoms with E-state index in [1.807, 2.05) is 6.07 Å². The number of benzene rings is 1. The molecule has 112 valence electrons. The van der Waals surface area contributed by atoms with E-state index in [0.717, 1.165) is 56.3 Å². The van der Waals surface area contributed by atoms with Gasteiger partial charge in [0.1, 0.15) is 5.82 Å². The normalized spacial score (nSPS) is 16.4. The number of rotatable bonds is 4. The first-order valence-corrected chi connectivity index (χ1v) is 7.21.